The minimum Gasteiger partial charge on any atom is -0.493 e. The van der Waals surface area contributed by atoms with Crippen LogP contribution in [0.2, 0.25) is 0 Å². The zero-order valence-electron chi connectivity index (χ0n) is 13.1. The van der Waals surface area contributed by atoms with E-state index < -0.39 is 0 Å². The molecule has 1 heterocycles. The lowest BCUT2D eigenvalue weighted by Gasteiger charge is -2.22. The van der Waals surface area contributed by atoms with Crippen LogP contribution in [-0.4, -0.2) is 32.3 Å². The van der Waals surface area contributed by atoms with Gasteiger partial charge in [0.25, 0.3) is 0 Å². The molecule has 3 rings (SSSR count). The monoisotopic (exact) mass is 303 g/mol. The molecule has 1 aliphatic carbocycles. The van der Waals surface area contributed by atoms with E-state index >= 15 is 0 Å². The van der Waals surface area contributed by atoms with Crippen LogP contribution in [0, 0.1) is 11.3 Å². The summed E-state index contributed by atoms with van der Waals surface area (Å²) in [7, 11) is 0. The molecule has 1 aromatic carbocycles. The standard InChI is InChI=1S/C18H25NO3/c20-17(11-15-5-4-10-21-12-15)19-13-18(8-9-18)14-22-16-6-2-1-3-7-16/h1-3,6-7,15H,4-5,8-14H2,(H,19,20). The zero-order valence-corrected chi connectivity index (χ0v) is 13.1. The largest absolute Gasteiger partial charge is 0.493 e. The summed E-state index contributed by atoms with van der Waals surface area (Å²) in [5, 5.41) is 3.09. The third kappa shape index (κ3) is 4.47. The second-order valence-corrected chi connectivity index (χ2v) is 6.67. The molecule has 4 heteroatoms. The molecule has 1 atom stereocenters. The van der Waals surface area contributed by atoms with Crippen LogP contribution in [0.25, 0.3) is 0 Å². The average molecular weight is 303 g/mol. The van der Waals surface area contributed by atoms with Gasteiger partial charge in [-0.25, -0.2) is 0 Å². The van der Waals surface area contributed by atoms with Gasteiger partial charge < -0.3 is 14.8 Å². The van der Waals surface area contributed by atoms with Crippen LogP contribution in [0.15, 0.2) is 30.3 Å². The van der Waals surface area contributed by atoms with Crippen LogP contribution >= 0.6 is 0 Å². The highest BCUT2D eigenvalue weighted by atomic mass is 16.5. The molecule has 1 N–H and O–H groups in total. The van der Waals surface area contributed by atoms with Gasteiger partial charge in [-0.3, -0.25) is 4.79 Å². The van der Waals surface area contributed by atoms with Crippen LogP contribution in [0.1, 0.15) is 32.1 Å². The van der Waals surface area contributed by atoms with Gasteiger partial charge in [0.15, 0.2) is 0 Å². The average Bonchev–Trinajstić information content (AvgIpc) is 3.34. The summed E-state index contributed by atoms with van der Waals surface area (Å²) in [6, 6.07) is 9.87. The van der Waals surface area contributed by atoms with Crippen LogP contribution in [0.4, 0.5) is 0 Å². The first-order chi connectivity index (χ1) is 10.8. The molecule has 1 saturated heterocycles. The van der Waals surface area contributed by atoms with Crippen LogP contribution in [0.3, 0.4) is 0 Å². The number of rotatable bonds is 7. The van der Waals surface area contributed by atoms with Crippen molar-refractivity contribution >= 4 is 5.91 Å². The van der Waals surface area contributed by atoms with Crippen molar-refractivity contribution in [3.8, 4) is 5.75 Å². The van der Waals surface area contributed by atoms with E-state index in [0.717, 1.165) is 51.2 Å². The van der Waals surface area contributed by atoms with Crippen molar-refractivity contribution in [1.29, 1.82) is 0 Å². The number of amides is 1. The fourth-order valence-electron chi connectivity index (χ4n) is 2.89. The first-order valence-electron chi connectivity index (χ1n) is 8.28. The normalized spacial score (nSPS) is 22.8. The molecule has 2 fully saturated rings. The Morgan fingerprint density at radius 1 is 1.32 bits per heavy atom. The van der Waals surface area contributed by atoms with E-state index in [1.54, 1.807) is 0 Å². The van der Waals surface area contributed by atoms with E-state index in [1.807, 2.05) is 30.3 Å². The Hall–Kier alpha value is -1.55. The lowest BCUT2D eigenvalue weighted by Crippen LogP contribution is -2.35. The maximum atomic E-state index is 12.1. The number of carbonyl (C=O) groups is 1. The highest BCUT2D eigenvalue weighted by Gasteiger charge is 2.43. The van der Waals surface area contributed by atoms with Crippen molar-refractivity contribution in [1.82, 2.24) is 5.32 Å². The van der Waals surface area contributed by atoms with Gasteiger partial charge in [-0.15, -0.1) is 0 Å². The van der Waals surface area contributed by atoms with Gasteiger partial charge in [0.05, 0.1) is 6.61 Å². The number of hydrogen-bond acceptors (Lipinski definition) is 3. The fraction of sp³-hybridized carbons (Fsp3) is 0.611. The van der Waals surface area contributed by atoms with Crippen LogP contribution < -0.4 is 10.1 Å². The van der Waals surface area contributed by atoms with Gasteiger partial charge in [-0.1, -0.05) is 18.2 Å². The quantitative estimate of drug-likeness (QED) is 0.842. The third-order valence-electron chi connectivity index (χ3n) is 4.63. The highest BCUT2D eigenvalue weighted by molar-refractivity contribution is 5.76. The molecule has 1 saturated carbocycles. The Labute approximate surface area is 132 Å². The summed E-state index contributed by atoms with van der Waals surface area (Å²) in [5.41, 5.74) is 0.147. The van der Waals surface area contributed by atoms with Crippen molar-refractivity contribution in [3.05, 3.63) is 30.3 Å². The van der Waals surface area contributed by atoms with Crippen LogP contribution in [0.5, 0.6) is 5.75 Å². The maximum absolute atomic E-state index is 12.1. The molecule has 120 valence electrons. The molecule has 2 aliphatic rings. The minimum atomic E-state index is 0.147. The number of para-hydroxylation sites is 1. The number of nitrogens with one attached hydrogen (secondary N) is 1. The number of hydrogen-bond donors (Lipinski definition) is 1. The van der Waals surface area contributed by atoms with Crippen molar-refractivity contribution in [2.24, 2.45) is 11.3 Å². The van der Waals surface area contributed by atoms with Gasteiger partial charge in [0, 0.05) is 31.6 Å². The highest BCUT2D eigenvalue weighted by Crippen LogP contribution is 2.45. The van der Waals surface area contributed by atoms with E-state index in [0.29, 0.717) is 18.9 Å². The minimum absolute atomic E-state index is 0.147. The molecular weight excluding hydrogens is 278 g/mol. The van der Waals surface area contributed by atoms with Gasteiger partial charge in [0.2, 0.25) is 5.91 Å². The van der Waals surface area contributed by atoms with E-state index in [2.05, 4.69) is 5.32 Å². The molecule has 0 radical (unpaired) electrons. The van der Waals surface area contributed by atoms with Gasteiger partial charge in [0.1, 0.15) is 5.75 Å². The van der Waals surface area contributed by atoms with Crippen LogP contribution in [-0.2, 0) is 9.53 Å². The first-order valence-corrected chi connectivity index (χ1v) is 8.28. The molecular formula is C18H25NO3. The predicted molar refractivity (Wildman–Crippen MR) is 84.8 cm³/mol. The lowest BCUT2D eigenvalue weighted by molar-refractivity contribution is -0.123. The molecule has 0 aromatic heterocycles. The summed E-state index contributed by atoms with van der Waals surface area (Å²) < 4.78 is 11.3. The Morgan fingerprint density at radius 2 is 2.14 bits per heavy atom. The Kier molecular flexibility index (Phi) is 4.98. The van der Waals surface area contributed by atoms with E-state index in [4.69, 9.17) is 9.47 Å². The second-order valence-electron chi connectivity index (χ2n) is 6.67. The predicted octanol–water partition coefficient (Wildman–Crippen LogP) is 2.78. The smallest absolute Gasteiger partial charge is 0.220 e. The topological polar surface area (TPSA) is 47.6 Å². The molecule has 0 bridgehead atoms. The third-order valence-corrected chi connectivity index (χ3v) is 4.63. The molecule has 1 aromatic rings. The molecule has 0 spiro atoms. The maximum Gasteiger partial charge on any atom is 0.220 e. The number of benzene rings is 1. The van der Waals surface area contributed by atoms with Crippen molar-refractivity contribution in [2.45, 2.75) is 32.1 Å². The van der Waals surface area contributed by atoms with E-state index in [9.17, 15) is 4.79 Å². The Morgan fingerprint density at radius 3 is 2.82 bits per heavy atom. The molecule has 1 aliphatic heterocycles. The first kappa shape index (κ1) is 15.3. The lowest BCUT2D eigenvalue weighted by atomic mass is 9.98. The molecule has 4 nitrogen and oxygen atoms in total. The summed E-state index contributed by atoms with van der Waals surface area (Å²) in [6.45, 7) is 2.99. The van der Waals surface area contributed by atoms with Gasteiger partial charge in [-0.05, 0) is 43.7 Å². The van der Waals surface area contributed by atoms with Gasteiger partial charge >= 0.3 is 0 Å². The van der Waals surface area contributed by atoms with Crippen molar-refractivity contribution in [2.75, 3.05) is 26.4 Å². The second kappa shape index (κ2) is 7.14. The van der Waals surface area contributed by atoms with E-state index in [1.165, 1.54) is 0 Å². The Bertz CT molecular complexity index is 478. The molecule has 1 unspecified atom stereocenters. The molecule has 1 amide bonds. The summed E-state index contributed by atoms with van der Waals surface area (Å²) in [5.74, 6) is 1.45. The number of carbonyl (C=O) groups excluding carboxylic acids is 1. The zero-order chi connectivity index (χ0) is 15.3. The Balaban J connectivity index is 1.38. The number of ether oxygens (including phenoxy) is 2. The summed E-state index contributed by atoms with van der Waals surface area (Å²) in [6.07, 6.45) is 5.04. The summed E-state index contributed by atoms with van der Waals surface area (Å²) in [4.78, 5) is 12.1. The fourth-order valence-corrected chi connectivity index (χ4v) is 2.89. The molecule has 22 heavy (non-hydrogen) atoms. The SMILES string of the molecule is O=C(CC1CCCOC1)NCC1(COc2ccccc2)CC1. The summed E-state index contributed by atoms with van der Waals surface area (Å²) >= 11 is 0. The van der Waals surface area contributed by atoms with Gasteiger partial charge in [-0.2, -0.15) is 0 Å². The van der Waals surface area contributed by atoms with E-state index in [-0.39, 0.29) is 11.3 Å². The van der Waals surface area contributed by atoms with Crippen molar-refractivity contribution < 1.29 is 14.3 Å². The van der Waals surface area contributed by atoms with Crippen molar-refractivity contribution in [3.63, 3.8) is 0 Å².